The van der Waals surface area contributed by atoms with E-state index in [1.165, 1.54) is 11.1 Å². The Morgan fingerprint density at radius 1 is 1.14 bits per heavy atom. The van der Waals surface area contributed by atoms with Gasteiger partial charge in [-0.25, -0.2) is 0 Å². The SMILES string of the molecule is COc1ccc2c3c1O[C@H]1C(=O)CC[C@H]4[C@@H](C2)N(C)CC[C@]314.c1ccccc1. The summed E-state index contributed by atoms with van der Waals surface area (Å²) in [5.74, 6) is 2.46. The number of hydrogen-bond donors (Lipinski definition) is 0. The number of piperidine rings is 1. The number of ether oxygens (including phenoxy) is 2. The maximum Gasteiger partial charge on any atom is 0.174 e. The van der Waals surface area contributed by atoms with E-state index in [1.807, 2.05) is 42.5 Å². The van der Waals surface area contributed by atoms with Crippen molar-refractivity contribution in [1.82, 2.24) is 4.90 Å². The lowest BCUT2D eigenvalue weighted by Crippen LogP contribution is -2.65. The highest BCUT2D eigenvalue weighted by atomic mass is 16.5. The van der Waals surface area contributed by atoms with E-state index in [9.17, 15) is 4.79 Å². The van der Waals surface area contributed by atoms with Crippen LogP contribution in [0.4, 0.5) is 0 Å². The molecule has 6 rings (SSSR count). The van der Waals surface area contributed by atoms with E-state index in [0.717, 1.165) is 37.3 Å². The minimum Gasteiger partial charge on any atom is -0.493 e. The average Bonchev–Trinajstić information content (AvgIpc) is 3.09. The van der Waals surface area contributed by atoms with Gasteiger partial charge < -0.3 is 14.4 Å². The highest BCUT2D eigenvalue weighted by Gasteiger charge is 2.65. The maximum absolute atomic E-state index is 12.6. The molecule has 4 atom stereocenters. The van der Waals surface area contributed by atoms with Gasteiger partial charge in [-0.3, -0.25) is 4.79 Å². The van der Waals surface area contributed by atoms with Crippen molar-refractivity contribution in [3.8, 4) is 11.5 Å². The van der Waals surface area contributed by atoms with E-state index in [2.05, 4.69) is 18.0 Å². The number of methoxy groups -OCH3 is 1. The molecule has 1 saturated heterocycles. The van der Waals surface area contributed by atoms with Gasteiger partial charge in [0.2, 0.25) is 0 Å². The number of Topliss-reactive ketones (excluding diaryl/α,β-unsaturated/α-hetero) is 1. The van der Waals surface area contributed by atoms with Gasteiger partial charge in [0.15, 0.2) is 23.4 Å². The fourth-order valence-corrected chi connectivity index (χ4v) is 6.06. The number of carbonyl (C=O) groups excluding carboxylic acids is 1. The third kappa shape index (κ3) is 2.37. The predicted molar refractivity (Wildman–Crippen MR) is 108 cm³/mol. The standard InChI is InChI=1S/C18H21NO3.C6H6/c1-19-8-7-18-11-4-5-13(20)17(18)22-16-14(21-2)6-3-10(15(16)18)9-12(11)19;1-2-4-6-5-3-1/h3,6,11-12,17H,4-5,7-9H2,1-2H3;1-6H/t11-,12+,17-,18-;/m0./s1. The molecule has 0 radical (unpaired) electrons. The Morgan fingerprint density at radius 3 is 2.54 bits per heavy atom. The van der Waals surface area contributed by atoms with Crippen molar-refractivity contribution in [3.05, 3.63) is 59.7 Å². The number of likely N-dealkylation sites (tertiary alicyclic amines) is 1. The first-order valence-electron chi connectivity index (χ1n) is 10.3. The fourth-order valence-electron chi connectivity index (χ4n) is 6.06. The van der Waals surface area contributed by atoms with Crippen molar-refractivity contribution in [1.29, 1.82) is 0 Å². The predicted octanol–water partition coefficient (Wildman–Crippen LogP) is 3.62. The zero-order valence-corrected chi connectivity index (χ0v) is 16.6. The van der Waals surface area contributed by atoms with E-state index in [-0.39, 0.29) is 17.3 Å². The van der Waals surface area contributed by atoms with Crippen LogP contribution in [0.3, 0.4) is 0 Å². The van der Waals surface area contributed by atoms with Gasteiger partial charge in [0.05, 0.1) is 7.11 Å². The summed E-state index contributed by atoms with van der Waals surface area (Å²) in [4.78, 5) is 15.1. The molecule has 4 aliphatic rings. The van der Waals surface area contributed by atoms with Gasteiger partial charge in [-0.15, -0.1) is 0 Å². The molecule has 2 aromatic carbocycles. The van der Waals surface area contributed by atoms with Crippen LogP contribution in [0.15, 0.2) is 48.5 Å². The molecule has 2 aromatic rings. The number of likely N-dealkylation sites (N-methyl/N-ethyl adjacent to an activating group) is 1. The zero-order chi connectivity index (χ0) is 19.3. The molecular weight excluding hydrogens is 350 g/mol. The van der Waals surface area contributed by atoms with E-state index >= 15 is 0 Å². The molecule has 2 aliphatic heterocycles. The highest BCUT2D eigenvalue weighted by molar-refractivity contribution is 5.89. The van der Waals surface area contributed by atoms with Gasteiger partial charge >= 0.3 is 0 Å². The van der Waals surface area contributed by atoms with Crippen LogP contribution >= 0.6 is 0 Å². The third-order valence-corrected chi connectivity index (χ3v) is 7.26. The Morgan fingerprint density at radius 2 is 1.86 bits per heavy atom. The summed E-state index contributed by atoms with van der Waals surface area (Å²) >= 11 is 0. The van der Waals surface area contributed by atoms with E-state index in [1.54, 1.807) is 7.11 Å². The molecule has 1 saturated carbocycles. The third-order valence-electron chi connectivity index (χ3n) is 7.26. The van der Waals surface area contributed by atoms with Crippen molar-refractivity contribution in [2.45, 2.75) is 43.2 Å². The second kappa shape index (κ2) is 6.63. The zero-order valence-electron chi connectivity index (χ0n) is 16.6. The molecule has 4 heteroatoms. The molecule has 146 valence electrons. The Hall–Kier alpha value is -2.33. The molecule has 0 amide bonds. The van der Waals surface area contributed by atoms with Crippen LogP contribution in [-0.4, -0.2) is 43.5 Å². The number of hydrogen-bond acceptors (Lipinski definition) is 4. The average molecular weight is 377 g/mol. The quantitative estimate of drug-likeness (QED) is 0.761. The molecule has 0 unspecified atom stereocenters. The molecular formula is C24H27NO3. The van der Waals surface area contributed by atoms with Crippen LogP contribution in [0.2, 0.25) is 0 Å². The maximum atomic E-state index is 12.6. The van der Waals surface area contributed by atoms with Gasteiger partial charge in [-0.05, 0) is 50.4 Å². The van der Waals surface area contributed by atoms with Gasteiger partial charge in [-0.1, -0.05) is 42.5 Å². The lowest BCUT2D eigenvalue weighted by atomic mass is 9.52. The Balaban J connectivity index is 0.000000246. The van der Waals surface area contributed by atoms with Crippen LogP contribution in [0, 0.1) is 5.92 Å². The largest absolute Gasteiger partial charge is 0.493 e. The second-order valence-corrected chi connectivity index (χ2v) is 8.44. The van der Waals surface area contributed by atoms with Crippen LogP contribution < -0.4 is 9.47 Å². The Kier molecular flexibility index (Phi) is 4.20. The molecule has 28 heavy (non-hydrogen) atoms. The van der Waals surface area contributed by atoms with E-state index in [0.29, 0.717) is 18.4 Å². The summed E-state index contributed by atoms with van der Waals surface area (Å²) in [5, 5.41) is 0. The van der Waals surface area contributed by atoms with Gasteiger partial charge in [0.1, 0.15) is 0 Å². The molecule has 2 bridgehead atoms. The van der Waals surface area contributed by atoms with Crippen molar-refractivity contribution in [2.75, 3.05) is 20.7 Å². The van der Waals surface area contributed by atoms with Crippen LogP contribution in [0.25, 0.3) is 0 Å². The molecule has 2 fully saturated rings. The molecule has 4 nitrogen and oxygen atoms in total. The monoisotopic (exact) mass is 377 g/mol. The summed E-state index contributed by atoms with van der Waals surface area (Å²) in [7, 11) is 3.91. The second-order valence-electron chi connectivity index (χ2n) is 8.44. The van der Waals surface area contributed by atoms with Crippen LogP contribution in [0.1, 0.15) is 30.4 Å². The van der Waals surface area contributed by atoms with Gasteiger partial charge in [0.25, 0.3) is 0 Å². The molecule has 2 aliphatic carbocycles. The number of rotatable bonds is 1. The molecule has 1 spiro atoms. The smallest absolute Gasteiger partial charge is 0.174 e. The first-order chi connectivity index (χ1) is 13.7. The number of carbonyl (C=O) groups is 1. The number of nitrogens with zero attached hydrogens (tertiary/aromatic N) is 1. The fraction of sp³-hybridized carbons (Fsp3) is 0.458. The summed E-state index contributed by atoms with van der Waals surface area (Å²) in [5.41, 5.74) is 2.57. The number of benzene rings is 2. The van der Waals surface area contributed by atoms with Crippen molar-refractivity contribution < 1.29 is 14.3 Å². The number of ketones is 1. The lowest BCUT2D eigenvalue weighted by molar-refractivity contribution is -0.138. The summed E-state index contributed by atoms with van der Waals surface area (Å²) in [6.45, 7) is 1.05. The molecule has 0 aromatic heterocycles. The van der Waals surface area contributed by atoms with E-state index in [4.69, 9.17) is 9.47 Å². The minimum atomic E-state index is -0.284. The highest BCUT2D eigenvalue weighted by Crippen LogP contribution is 2.63. The van der Waals surface area contributed by atoms with Crippen LogP contribution in [-0.2, 0) is 16.6 Å². The van der Waals surface area contributed by atoms with Crippen molar-refractivity contribution in [3.63, 3.8) is 0 Å². The summed E-state index contributed by atoms with van der Waals surface area (Å²) < 4.78 is 11.8. The lowest BCUT2D eigenvalue weighted by Gasteiger charge is -2.57. The normalized spacial score (nSPS) is 31.9. The molecule has 2 heterocycles. The summed E-state index contributed by atoms with van der Waals surface area (Å²) in [6, 6.07) is 16.7. The molecule has 0 N–H and O–H groups in total. The van der Waals surface area contributed by atoms with Crippen molar-refractivity contribution >= 4 is 5.78 Å². The summed E-state index contributed by atoms with van der Waals surface area (Å²) in [6.07, 6.45) is 3.47. The van der Waals surface area contributed by atoms with Crippen LogP contribution in [0.5, 0.6) is 11.5 Å². The minimum absolute atomic E-state index is 0.0933. The van der Waals surface area contributed by atoms with Crippen molar-refractivity contribution in [2.24, 2.45) is 5.92 Å². The topological polar surface area (TPSA) is 38.8 Å². The van der Waals surface area contributed by atoms with E-state index < -0.39 is 0 Å². The first kappa shape index (κ1) is 17.7. The first-order valence-corrected chi connectivity index (χ1v) is 10.3. The Bertz CT molecular complexity index is 870. The van der Waals surface area contributed by atoms with Gasteiger partial charge in [0, 0.05) is 23.4 Å². The van der Waals surface area contributed by atoms with Gasteiger partial charge in [-0.2, -0.15) is 0 Å². The Labute approximate surface area is 166 Å².